The highest BCUT2D eigenvalue weighted by Gasteiger charge is 2.31. The van der Waals surface area contributed by atoms with E-state index in [0.717, 1.165) is 62.6 Å². The van der Waals surface area contributed by atoms with Crippen molar-refractivity contribution in [2.75, 3.05) is 13.1 Å². The highest BCUT2D eigenvalue weighted by atomic mass is 32.1. The van der Waals surface area contributed by atoms with Crippen LogP contribution in [0.1, 0.15) is 75.1 Å². The Morgan fingerprint density at radius 3 is 2.27 bits per heavy atom. The molecule has 8 heteroatoms. The van der Waals surface area contributed by atoms with Crippen LogP contribution in [0.15, 0.2) is 30.3 Å². The summed E-state index contributed by atoms with van der Waals surface area (Å²) in [6.07, 6.45) is 10.3. The maximum atomic E-state index is 12.4. The van der Waals surface area contributed by atoms with Crippen molar-refractivity contribution < 1.29 is 4.79 Å². The summed E-state index contributed by atoms with van der Waals surface area (Å²) in [5, 5.41) is 11.3. The first-order valence-corrected chi connectivity index (χ1v) is 13.1. The van der Waals surface area contributed by atoms with Crippen LogP contribution >= 0.6 is 12.2 Å². The van der Waals surface area contributed by atoms with Gasteiger partial charge in [0.25, 0.3) is 0 Å². The summed E-state index contributed by atoms with van der Waals surface area (Å²) in [5.74, 6) is 1.69. The van der Waals surface area contributed by atoms with E-state index in [2.05, 4.69) is 44.4 Å². The van der Waals surface area contributed by atoms with Gasteiger partial charge in [-0.2, -0.15) is 5.10 Å². The second kappa shape index (κ2) is 10.4. The number of piperidine rings is 1. The summed E-state index contributed by atoms with van der Waals surface area (Å²) >= 11 is 5.86. The number of carbonyl (C=O) groups is 1. The van der Waals surface area contributed by atoms with Gasteiger partial charge in [0.05, 0.1) is 13.2 Å². The number of benzene rings is 1. The minimum Gasteiger partial charge on any atom is -0.335 e. The summed E-state index contributed by atoms with van der Waals surface area (Å²) in [6.45, 7) is 3.40. The van der Waals surface area contributed by atoms with Crippen molar-refractivity contribution in [1.29, 1.82) is 0 Å². The van der Waals surface area contributed by atoms with E-state index < -0.39 is 0 Å². The highest BCUT2D eigenvalue weighted by molar-refractivity contribution is 7.71. The molecule has 0 bridgehead atoms. The maximum Gasteiger partial charge on any atom is 0.315 e. The van der Waals surface area contributed by atoms with E-state index in [1.165, 1.54) is 37.7 Å². The third-order valence-electron chi connectivity index (χ3n) is 7.27. The van der Waals surface area contributed by atoms with Crippen LogP contribution in [0.2, 0.25) is 0 Å². The average molecular weight is 469 g/mol. The van der Waals surface area contributed by atoms with Gasteiger partial charge in [0, 0.05) is 31.1 Å². The monoisotopic (exact) mass is 468 g/mol. The average Bonchev–Trinajstić information content (AvgIpc) is 3.63. The molecule has 2 heterocycles. The van der Waals surface area contributed by atoms with Crippen LogP contribution in [0.5, 0.6) is 0 Å². The van der Waals surface area contributed by atoms with E-state index in [1.807, 2.05) is 10.7 Å². The van der Waals surface area contributed by atoms with Crippen molar-refractivity contribution in [1.82, 2.24) is 29.9 Å². The van der Waals surface area contributed by atoms with Gasteiger partial charge in [-0.15, -0.1) is 0 Å². The zero-order valence-electron chi connectivity index (χ0n) is 19.4. The quantitative estimate of drug-likeness (QED) is 0.592. The van der Waals surface area contributed by atoms with Crippen molar-refractivity contribution in [2.24, 2.45) is 0 Å². The van der Waals surface area contributed by atoms with Gasteiger partial charge in [-0.05, 0) is 56.3 Å². The Labute approximate surface area is 201 Å². The van der Waals surface area contributed by atoms with Gasteiger partial charge in [0.15, 0.2) is 4.77 Å². The van der Waals surface area contributed by atoms with Crippen molar-refractivity contribution >= 4 is 18.2 Å². The van der Waals surface area contributed by atoms with E-state index in [1.54, 1.807) is 0 Å². The number of carbonyl (C=O) groups excluding carboxylic acids is 1. The molecule has 7 nitrogen and oxygen atoms in total. The number of likely N-dealkylation sites (tertiary alicyclic amines) is 1. The Kier molecular flexibility index (Phi) is 7.11. The molecule has 2 aromatic rings. The lowest BCUT2D eigenvalue weighted by Gasteiger charge is -2.32. The Balaban J connectivity index is 1.15. The molecule has 0 spiro atoms. The summed E-state index contributed by atoms with van der Waals surface area (Å²) < 4.78 is 5.05. The molecule has 2 aliphatic carbocycles. The molecule has 0 unspecified atom stereocenters. The fourth-order valence-corrected chi connectivity index (χ4v) is 5.43. The molecular formula is C25H36N6OS. The SMILES string of the molecule is O=C(NC1CCCCC1)NC1CCN(Cn2nc(C3CC3)n(Cc3ccccc3)c2=S)CC1. The smallest absolute Gasteiger partial charge is 0.315 e. The van der Waals surface area contributed by atoms with Crippen LogP contribution < -0.4 is 10.6 Å². The van der Waals surface area contributed by atoms with E-state index in [-0.39, 0.29) is 12.1 Å². The molecule has 1 aromatic heterocycles. The van der Waals surface area contributed by atoms with Gasteiger partial charge in [0.2, 0.25) is 0 Å². The van der Waals surface area contributed by atoms with E-state index in [0.29, 0.717) is 12.0 Å². The molecule has 1 aromatic carbocycles. The van der Waals surface area contributed by atoms with Gasteiger partial charge >= 0.3 is 6.03 Å². The molecule has 3 fully saturated rings. The Morgan fingerprint density at radius 2 is 1.61 bits per heavy atom. The van der Waals surface area contributed by atoms with Gasteiger partial charge in [-0.1, -0.05) is 49.6 Å². The van der Waals surface area contributed by atoms with Crippen molar-refractivity contribution in [2.45, 2.75) is 89.0 Å². The molecule has 2 saturated carbocycles. The second-order valence-electron chi connectivity index (χ2n) is 9.97. The lowest BCUT2D eigenvalue weighted by molar-refractivity contribution is 0.150. The molecule has 1 saturated heterocycles. The van der Waals surface area contributed by atoms with Crippen LogP contribution in [0.4, 0.5) is 4.79 Å². The minimum absolute atomic E-state index is 0.0105. The minimum atomic E-state index is 0.0105. The lowest BCUT2D eigenvalue weighted by atomic mass is 9.96. The normalized spacial score (nSPS) is 20.6. The number of nitrogens with one attached hydrogen (secondary N) is 2. The standard InChI is InChI=1S/C25H36N6OS/c32-24(26-21-9-5-2-6-10-21)27-22-13-15-29(16-14-22)18-31-25(33)30(23(28-31)20-11-12-20)17-19-7-3-1-4-8-19/h1,3-4,7-8,20-22H,2,5-6,9-18H2,(H2,26,27,32). The first-order chi connectivity index (χ1) is 16.2. The topological polar surface area (TPSA) is 67.1 Å². The number of urea groups is 1. The van der Waals surface area contributed by atoms with Gasteiger partial charge < -0.3 is 10.6 Å². The van der Waals surface area contributed by atoms with Gasteiger partial charge in [-0.3, -0.25) is 9.47 Å². The Morgan fingerprint density at radius 1 is 0.939 bits per heavy atom. The van der Waals surface area contributed by atoms with Gasteiger partial charge in [0.1, 0.15) is 5.82 Å². The molecule has 5 rings (SSSR count). The molecule has 2 N–H and O–H groups in total. The molecule has 1 aliphatic heterocycles. The number of nitrogens with zero attached hydrogens (tertiary/aromatic N) is 4. The fraction of sp³-hybridized carbons (Fsp3) is 0.640. The highest BCUT2D eigenvalue weighted by Crippen LogP contribution is 2.39. The Hall–Kier alpha value is -2.19. The third-order valence-corrected chi connectivity index (χ3v) is 7.71. The molecule has 3 aliphatic rings. The van der Waals surface area contributed by atoms with Crippen molar-refractivity contribution in [3.05, 3.63) is 46.5 Å². The van der Waals surface area contributed by atoms with Crippen molar-refractivity contribution in [3.63, 3.8) is 0 Å². The van der Waals surface area contributed by atoms with Crippen molar-refractivity contribution in [3.8, 4) is 0 Å². The zero-order valence-corrected chi connectivity index (χ0v) is 20.2. The van der Waals surface area contributed by atoms with E-state index >= 15 is 0 Å². The van der Waals surface area contributed by atoms with Crippen LogP contribution in [0.25, 0.3) is 0 Å². The predicted molar refractivity (Wildman–Crippen MR) is 132 cm³/mol. The largest absolute Gasteiger partial charge is 0.335 e. The number of rotatable bonds is 7. The molecule has 33 heavy (non-hydrogen) atoms. The van der Waals surface area contributed by atoms with E-state index in [4.69, 9.17) is 17.3 Å². The summed E-state index contributed by atoms with van der Waals surface area (Å²) in [5.41, 5.74) is 1.26. The zero-order chi connectivity index (χ0) is 22.6. The Bertz CT molecular complexity index is 984. The predicted octanol–water partition coefficient (Wildman–Crippen LogP) is 4.39. The third kappa shape index (κ3) is 5.84. The summed E-state index contributed by atoms with van der Waals surface area (Å²) in [4.78, 5) is 14.8. The molecule has 0 radical (unpaired) electrons. The van der Waals surface area contributed by atoms with Crippen LogP contribution in [0, 0.1) is 4.77 Å². The number of amides is 2. The van der Waals surface area contributed by atoms with Crippen LogP contribution in [0.3, 0.4) is 0 Å². The number of hydrogen-bond acceptors (Lipinski definition) is 4. The second-order valence-corrected chi connectivity index (χ2v) is 10.3. The molecule has 0 atom stereocenters. The molecular weight excluding hydrogens is 432 g/mol. The van der Waals surface area contributed by atoms with Gasteiger partial charge in [-0.25, -0.2) is 9.48 Å². The van der Waals surface area contributed by atoms with E-state index in [9.17, 15) is 4.79 Å². The summed E-state index contributed by atoms with van der Waals surface area (Å²) in [6, 6.07) is 11.1. The fourth-order valence-electron chi connectivity index (χ4n) is 5.18. The maximum absolute atomic E-state index is 12.4. The summed E-state index contributed by atoms with van der Waals surface area (Å²) in [7, 11) is 0. The number of aromatic nitrogens is 3. The lowest BCUT2D eigenvalue weighted by Crippen LogP contribution is -2.50. The number of hydrogen-bond donors (Lipinski definition) is 2. The molecule has 178 valence electrons. The van der Waals surface area contributed by atoms with Crippen LogP contribution in [-0.4, -0.2) is 50.5 Å². The first kappa shape index (κ1) is 22.6. The molecule has 2 amide bonds. The van der Waals surface area contributed by atoms with Crippen LogP contribution in [-0.2, 0) is 13.2 Å². The first-order valence-electron chi connectivity index (χ1n) is 12.7.